The summed E-state index contributed by atoms with van der Waals surface area (Å²) in [5.74, 6) is -1.07. The summed E-state index contributed by atoms with van der Waals surface area (Å²) in [6.45, 7) is -0.279. The first-order valence-corrected chi connectivity index (χ1v) is 6.94. The van der Waals surface area contributed by atoms with Crippen LogP contribution in [0.3, 0.4) is 0 Å². The Morgan fingerprint density at radius 1 is 1.17 bits per heavy atom. The second-order valence-corrected chi connectivity index (χ2v) is 5.20. The third-order valence-electron chi connectivity index (χ3n) is 3.29. The minimum Gasteiger partial charge on any atom is -0.365 e. The molecule has 0 atom stereocenters. The first-order chi connectivity index (χ1) is 10.7. The smallest absolute Gasteiger partial charge is 0.365 e. The van der Waals surface area contributed by atoms with E-state index in [1.165, 1.54) is 0 Å². The molecule has 0 spiro atoms. The molecule has 0 aliphatic heterocycles. The molecule has 0 bridgehead atoms. The summed E-state index contributed by atoms with van der Waals surface area (Å²) in [5, 5.41) is 0.389. The maximum absolute atomic E-state index is 13.1. The molecule has 2 rings (SSSR count). The fraction of sp³-hybridized carbons (Fsp3) is 0.200. The number of carbonyl (C=O) groups excluding carboxylic acids is 1. The molecule has 0 saturated heterocycles. The van der Waals surface area contributed by atoms with E-state index in [4.69, 9.17) is 17.3 Å². The van der Waals surface area contributed by atoms with E-state index >= 15 is 0 Å². The zero-order valence-electron chi connectivity index (χ0n) is 11.7. The van der Waals surface area contributed by atoms with Crippen LogP contribution in [0.1, 0.15) is 21.6 Å². The van der Waals surface area contributed by atoms with Crippen molar-refractivity contribution in [3.05, 3.63) is 68.6 Å². The van der Waals surface area contributed by atoms with E-state index in [2.05, 4.69) is 0 Å². The predicted octanol–water partition coefficient (Wildman–Crippen LogP) is 2.86. The van der Waals surface area contributed by atoms with E-state index in [0.717, 1.165) is 6.07 Å². The molecule has 2 aromatic rings. The lowest BCUT2D eigenvalue weighted by atomic mass is 10.1. The summed E-state index contributed by atoms with van der Waals surface area (Å²) in [6.07, 6.45) is -4.62. The predicted molar refractivity (Wildman–Crippen MR) is 79.4 cm³/mol. The average molecular weight is 345 g/mol. The molecule has 8 heteroatoms. The molecule has 23 heavy (non-hydrogen) atoms. The van der Waals surface area contributed by atoms with Gasteiger partial charge in [-0.3, -0.25) is 9.59 Å². The van der Waals surface area contributed by atoms with Crippen LogP contribution >= 0.6 is 11.6 Å². The number of primary amides is 1. The zero-order chi connectivity index (χ0) is 17.2. The molecule has 1 aromatic carbocycles. The minimum absolute atomic E-state index is 0.102. The van der Waals surface area contributed by atoms with E-state index in [9.17, 15) is 22.8 Å². The summed E-state index contributed by atoms with van der Waals surface area (Å²) in [4.78, 5) is 23.3. The van der Waals surface area contributed by atoms with Gasteiger partial charge < -0.3 is 10.3 Å². The number of nitrogens with zero attached hydrogens (tertiary/aromatic N) is 1. The highest BCUT2D eigenvalue weighted by molar-refractivity contribution is 6.31. The second kappa shape index (κ2) is 6.45. The van der Waals surface area contributed by atoms with Crippen molar-refractivity contribution in [3.8, 4) is 0 Å². The topological polar surface area (TPSA) is 65.1 Å². The molecule has 2 N–H and O–H groups in total. The van der Waals surface area contributed by atoms with Gasteiger partial charge in [0.05, 0.1) is 0 Å². The number of aryl methyl sites for hydroxylation is 1. The molecule has 122 valence electrons. The van der Waals surface area contributed by atoms with Crippen LogP contribution < -0.4 is 11.3 Å². The van der Waals surface area contributed by atoms with Gasteiger partial charge in [-0.15, -0.1) is 0 Å². The fourth-order valence-corrected chi connectivity index (χ4v) is 2.40. The van der Waals surface area contributed by atoms with Gasteiger partial charge in [0.25, 0.3) is 11.5 Å². The van der Waals surface area contributed by atoms with E-state index in [-0.39, 0.29) is 13.0 Å². The largest absolute Gasteiger partial charge is 0.431 e. The highest BCUT2D eigenvalue weighted by Gasteiger charge is 2.35. The fourth-order valence-electron chi connectivity index (χ4n) is 2.17. The van der Waals surface area contributed by atoms with Gasteiger partial charge in [-0.2, -0.15) is 13.2 Å². The molecule has 0 aliphatic carbocycles. The average Bonchev–Trinajstić information content (AvgIpc) is 2.45. The minimum atomic E-state index is -4.73. The van der Waals surface area contributed by atoms with E-state index in [1.807, 2.05) is 0 Å². The third-order valence-corrected chi connectivity index (χ3v) is 3.66. The van der Waals surface area contributed by atoms with Crippen LogP contribution in [0.25, 0.3) is 0 Å². The Kier molecular flexibility index (Phi) is 4.79. The number of halogens is 4. The summed E-state index contributed by atoms with van der Waals surface area (Å²) >= 11 is 5.96. The van der Waals surface area contributed by atoms with E-state index in [0.29, 0.717) is 21.2 Å². The van der Waals surface area contributed by atoms with Crippen LogP contribution in [0.5, 0.6) is 0 Å². The monoisotopic (exact) mass is 344 g/mol. The van der Waals surface area contributed by atoms with Crippen molar-refractivity contribution >= 4 is 17.5 Å². The quantitative estimate of drug-likeness (QED) is 0.926. The molecule has 0 fully saturated rings. The van der Waals surface area contributed by atoms with Crippen LogP contribution in [0.15, 0.2) is 41.2 Å². The van der Waals surface area contributed by atoms with Crippen molar-refractivity contribution in [2.45, 2.75) is 19.1 Å². The van der Waals surface area contributed by atoms with Crippen LogP contribution in [-0.2, 0) is 19.1 Å². The van der Waals surface area contributed by atoms with Crippen molar-refractivity contribution in [2.75, 3.05) is 0 Å². The number of hydrogen-bond donors (Lipinski definition) is 1. The normalized spacial score (nSPS) is 11.5. The number of amides is 1. The number of hydrogen-bond acceptors (Lipinski definition) is 2. The maximum atomic E-state index is 13.1. The number of carbonyl (C=O) groups is 1. The van der Waals surface area contributed by atoms with Gasteiger partial charge in [-0.05, 0) is 30.2 Å². The highest BCUT2D eigenvalue weighted by atomic mass is 35.5. The Labute approximate surface area is 134 Å². The molecule has 0 aliphatic rings. The van der Waals surface area contributed by atoms with Gasteiger partial charge in [-0.1, -0.05) is 29.8 Å². The molecular formula is C15H12ClF3N2O2. The molecule has 1 aromatic heterocycles. The number of rotatable bonds is 4. The molecule has 1 heterocycles. The Hall–Kier alpha value is -2.28. The first kappa shape index (κ1) is 17.1. The van der Waals surface area contributed by atoms with E-state index in [1.54, 1.807) is 24.3 Å². The van der Waals surface area contributed by atoms with Gasteiger partial charge in [0.1, 0.15) is 11.3 Å². The molecular weight excluding hydrogens is 333 g/mol. The zero-order valence-corrected chi connectivity index (χ0v) is 12.5. The Morgan fingerprint density at radius 2 is 1.83 bits per heavy atom. The Morgan fingerprint density at radius 3 is 2.39 bits per heavy atom. The number of nitrogens with two attached hydrogens (primary N) is 1. The Bertz CT molecular complexity index is 800. The molecule has 4 nitrogen and oxygen atoms in total. The van der Waals surface area contributed by atoms with Gasteiger partial charge in [-0.25, -0.2) is 0 Å². The maximum Gasteiger partial charge on any atom is 0.431 e. The summed E-state index contributed by atoms with van der Waals surface area (Å²) in [5.41, 5.74) is 2.92. The molecule has 0 unspecified atom stereocenters. The van der Waals surface area contributed by atoms with Crippen LogP contribution in [0.4, 0.5) is 13.2 Å². The van der Waals surface area contributed by atoms with Gasteiger partial charge in [0, 0.05) is 11.6 Å². The third kappa shape index (κ3) is 3.73. The SMILES string of the molecule is NC(=O)c1ccc(C(F)(F)F)n(CCc2ccccc2Cl)c1=O. The molecule has 1 amide bonds. The van der Waals surface area contributed by atoms with Crippen LogP contribution in [0, 0.1) is 0 Å². The molecule has 0 radical (unpaired) electrons. The van der Waals surface area contributed by atoms with Gasteiger partial charge in [0.15, 0.2) is 0 Å². The number of pyridine rings is 1. The summed E-state index contributed by atoms with van der Waals surface area (Å²) < 4.78 is 39.7. The van der Waals surface area contributed by atoms with E-state index < -0.39 is 28.9 Å². The van der Waals surface area contributed by atoms with Crippen molar-refractivity contribution in [1.82, 2.24) is 4.57 Å². The lowest BCUT2D eigenvalue weighted by Crippen LogP contribution is -2.34. The lowest BCUT2D eigenvalue weighted by molar-refractivity contribution is -0.144. The van der Waals surface area contributed by atoms with Gasteiger partial charge in [0.2, 0.25) is 0 Å². The summed E-state index contributed by atoms with van der Waals surface area (Å²) in [7, 11) is 0. The first-order valence-electron chi connectivity index (χ1n) is 6.56. The van der Waals surface area contributed by atoms with Crippen molar-refractivity contribution in [1.29, 1.82) is 0 Å². The molecule has 0 saturated carbocycles. The second-order valence-electron chi connectivity index (χ2n) is 4.79. The number of aromatic nitrogens is 1. The number of benzene rings is 1. The summed E-state index contributed by atoms with van der Waals surface area (Å²) in [6, 6.07) is 8.09. The Balaban J connectivity index is 2.46. The van der Waals surface area contributed by atoms with Crippen LogP contribution in [0.2, 0.25) is 5.02 Å². The van der Waals surface area contributed by atoms with Gasteiger partial charge >= 0.3 is 6.18 Å². The highest BCUT2D eigenvalue weighted by Crippen LogP contribution is 2.28. The standard InChI is InChI=1S/C15H12ClF3N2O2/c16-11-4-2-1-3-9(11)7-8-21-12(15(17,18)19)6-5-10(13(20)22)14(21)23/h1-6H,7-8H2,(H2,20,22). The lowest BCUT2D eigenvalue weighted by Gasteiger charge is -2.16. The van der Waals surface area contributed by atoms with Crippen molar-refractivity contribution < 1.29 is 18.0 Å². The number of alkyl halides is 3. The van der Waals surface area contributed by atoms with Crippen molar-refractivity contribution in [3.63, 3.8) is 0 Å². The van der Waals surface area contributed by atoms with Crippen LogP contribution in [-0.4, -0.2) is 10.5 Å². The van der Waals surface area contributed by atoms with Crippen molar-refractivity contribution in [2.24, 2.45) is 5.73 Å².